The Balaban J connectivity index is 2.22. The number of benzene rings is 1. The van der Waals surface area contributed by atoms with Crippen molar-refractivity contribution in [3.63, 3.8) is 0 Å². The molecule has 1 heterocycles. The second-order valence-corrected chi connectivity index (χ2v) is 4.37. The molecule has 0 fully saturated rings. The maximum atomic E-state index is 13.3. The van der Waals surface area contributed by atoms with Crippen LogP contribution in [0.2, 0.25) is 5.02 Å². The number of hydrogen-bond donors (Lipinski definition) is 1. The van der Waals surface area contributed by atoms with E-state index in [0.29, 0.717) is 17.7 Å². The standard InChI is InChI=1S/C13H13ClFNO/c1-8-5-6-17-13(8)11(16)7-9-3-2-4-10(15)12(9)14/h2-6,11H,7,16H2,1H3. The highest BCUT2D eigenvalue weighted by Crippen LogP contribution is 2.26. The highest BCUT2D eigenvalue weighted by Gasteiger charge is 2.15. The van der Waals surface area contributed by atoms with Crippen molar-refractivity contribution in [2.45, 2.75) is 19.4 Å². The summed E-state index contributed by atoms with van der Waals surface area (Å²) in [4.78, 5) is 0. The van der Waals surface area contributed by atoms with E-state index in [1.54, 1.807) is 18.4 Å². The minimum atomic E-state index is -0.424. The Morgan fingerprint density at radius 3 is 2.82 bits per heavy atom. The quantitative estimate of drug-likeness (QED) is 0.907. The molecule has 0 aliphatic carbocycles. The Morgan fingerprint density at radius 2 is 2.18 bits per heavy atom. The molecule has 0 bridgehead atoms. The van der Waals surface area contributed by atoms with Crippen LogP contribution in [-0.4, -0.2) is 0 Å². The van der Waals surface area contributed by atoms with E-state index < -0.39 is 5.82 Å². The number of hydrogen-bond acceptors (Lipinski definition) is 2. The van der Waals surface area contributed by atoms with Crippen LogP contribution in [0.25, 0.3) is 0 Å². The van der Waals surface area contributed by atoms with E-state index in [0.717, 1.165) is 5.56 Å². The van der Waals surface area contributed by atoms with Crippen LogP contribution < -0.4 is 5.73 Å². The molecule has 1 aromatic heterocycles. The minimum Gasteiger partial charge on any atom is -0.467 e. The zero-order valence-electron chi connectivity index (χ0n) is 9.41. The first-order chi connectivity index (χ1) is 8.09. The van der Waals surface area contributed by atoms with E-state index in [9.17, 15) is 4.39 Å². The molecule has 1 unspecified atom stereocenters. The van der Waals surface area contributed by atoms with Gasteiger partial charge in [0.05, 0.1) is 17.3 Å². The van der Waals surface area contributed by atoms with Crippen LogP contribution >= 0.6 is 11.6 Å². The summed E-state index contributed by atoms with van der Waals surface area (Å²) in [6, 6.07) is 6.25. The van der Waals surface area contributed by atoms with E-state index in [4.69, 9.17) is 21.8 Å². The fourth-order valence-corrected chi connectivity index (χ4v) is 2.00. The monoisotopic (exact) mass is 253 g/mol. The summed E-state index contributed by atoms with van der Waals surface area (Å²) in [5, 5.41) is 0.132. The van der Waals surface area contributed by atoms with E-state index >= 15 is 0 Å². The molecule has 4 heteroatoms. The number of rotatable bonds is 3. The van der Waals surface area contributed by atoms with Crippen molar-refractivity contribution < 1.29 is 8.81 Å². The van der Waals surface area contributed by atoms with Gasteiger partial charge in [-0.3, -0.25) is 0 Å². The second kappa shape index (κ2) is 4.90. The summed E-state index contributed by atoms with van der Waals surface area (Å²) in [6.45, 7) is 1.92. The maximum Gasteiger partial charge on any atom is 0.142 e. The van der Waals surface area contributed by atoms with Crippen LogP contribution in [-0.2, 0) is 6.42 Å². The Hall–Kier alpha value is -1.32. The first kappa shape index (κ1) is 12.1. The van der Waals surface area contributed by atoms with Crippen LogP contribution in [0.5, 0.6) is 0 Å². The average Bonchev–Trinajstić information content (AvgIpc) is 2.71. The van der Waals surface area contributed by atoms with Gasteiger partial charge < -0.3 is 10.2 Å². The molecule has 0 amide bonds. The molecule has 0 aliphatic rings. The third kappa shape index (κ3) is 2.51. The third-order valence-electron chi connectivity index (χ3n) is 2.71. The first-order valence-electron chi connectivity index (χ1n) is 5.32. The lowest BCUT2D eigenvalue weighted by Crippen LogP contribution is -2.14. The summed E-state index contributed by atoms with van der Waals surface area (Å²) in [6.07, 6.45) is 2.04. The van der Waals surface area contributed by atoms with Gasteiger partial charge in [0.25, 0.3) is 0 Å². The molecule has 1 aromatic carbocycles. The van der Waals surface area contributed by atoms with Crippen molar-refractivity contribution in [1.82, 2.24) is 0 Å². The van der Waals surface area contributed by atoms with E-state index in [-0.39, 0.29) is 11.1 Å². The minimum absolute atomic E-state index is 0.132. The van der Waals surface area contributed by atoms with Crippen LogP contribution in [0.15, 0.2) is 34.9 Å². The third-order valence-corrected chi connectivity index (χ3v) is 3.13. The molecule has 0 aliphatic heterocycles. The van der Waals surface area contributed by atoms with E-state index in [2.05, 4.69) is 0 Å². The molecule has 2 aromatic rings. The van der Waals surface area contributed by atoms with Gasteiger partial charge in [-0.05, 0) is 36.6 Å². The molecular weight excluding hydrogens is 241 g/mol. The Kier molecular flexibility index (Phi) is 3.50. The highest BCUT2D eigenvalue weighted by molar-refractivity contribution is 6.31. The van der Waals surface area contributed by atoms with E-state index in [1.165, 1.54) is 6.07 Å². The summed E-state index contributed by atoms with van der Waals surface area (Å²) in [5.74, 6) is 0.290. The van der Waals surface area contributed by atoms with Gasteiger partial charge in [-0.25, -0.2) is 4.39 Å². The van der Waals surface area contributed by atoms with Gasteiger partial charge in [-0.1, -0.05) is 23.7 Å². The molecule has 0 spiro atoms. The molecule has 2 rings (SSSR count). The van der Waals surface area contributed by atoms with Crippen molar-refractivity contribution in [3.8, 4) is 0 Å². The Morgan fingerprint density at radius 1 is 1.41 bits per heavy atom. The highest BCUT2D eigenvalue weighted by atomic mass is 35.5. The van der Waals surface area contributed by atoms with Gasteiger partial charge in [0.2, 0.25) is 0 Å². The normalized spacial score (nSPS) is 12.7. The Labute approximate surface area is 104 Å². The number of aryl methyl sites for hydroxylation is 1. The molecule has 0 saturated carbocycles. The molecule has 0 radical (unpaired) electrons. The van der Waals surface area contributed by atoms with Gasteiger partial charge in [-0.2, -0.15) is 0 Å². The molecular formula is C13H13ClFNO. The van der Waals surface area contributed by atoms with Crippen molar-refractivity contribution in [2.75, 3.05) is 0 Å². The summed E-state index contributed by atoms with van der Waals surface area (Å²) >= 11 is 5.88. The summed E-state index contributed by atoms with van der Waals surface area (Å²) in [7, 11) is 0. The van der Waals surface area contributed by atoms with Gasteiger partial charge in [0.15, 0.2) is 0 Å². The van der Waals surface area contributed by atoms with Crippen molar-refractivity contribution in [1.29, 1.82) is 0 Å². The molecule has 1 atom stereocenters. The molecule has 2 nitrogen and oxygen atoms in total. The number of halogens is 2. The molecule has 0 saturated heterocycles. The summed E-state index contributed by atoms with van der Waals surface area (Å²) in [5.41, 5.74) is 7.70. The smallest absolute Gasteiger partial charge is 0.142 e. The number of nitrogens with two attached hydrogens (primary N) is 1. The van der Waals surface area contributed by atoms with Gasteiger partial charge in [0.1, 0.15) is 11.6 Å². The Bertz CT molecular complexity index is 524. The molecule has 2 N–H and O–H groups in total. The lowest BCUT2D eigenvalue weighted by Gasteiger charge is -2.11. The summed E-state index contributed by atoms with van der Waals surface area (Å²) < 4.78 is 18.6. The lowest BCUT2D eigenvalue weighted by molar-refractivity contribution is 0.461. The SMILES string of the molecule is Cc1ccoc1C(N)Cc1cccc(F)c1Cl. The molecule has 17 heavy (non-hydrogen) atoms. The van der Waals surface area contributed by atoms with Crippen molar-refractivity contribution in [2.24, 2.45) is 5.73 Å². The van der Waals surface area contributed by atoms with E-state index in [1.807, 2.05) is 13.0 Å². The topological polar surface area (TPSA) is 39.2 Å². The fraction of sp³-hybridized carbons (Fsp3) is 0.231. The van der Waals surface area contributed by atoms with Gasteiger partial charge >= 0.3 is 0 Å². The van der Waals surface area contributed by atoms with Crippen LogP contribution in [0.4, 0.5) is 4.39 Å². The van der Waals surface area contributed by atoms with Gasteiger partial charge in [-0.15, -0.1) is 0 Å². The first-order valence-corrected chi connectivity index (χ1v) is 5.70. The maximum absolute atomic E-state index is 13.3. The zero-order valence-corrected chi connectivity index (χ0v) is 10.2. The van der Waals surface area contributed by atoms with Crippen LogP contribution in [0.1, 0.15) is 22.9 Å². The second-order valence-electron chi connectivity index (χ2n) is 3.99. The van der Waals surface area contributed by atoms with Crippen LogP contribution in [0.3, 0.4) is 0 Å². The zero-order chi connectivity index (χ0) is 12.4. The average molecular weight is 254 g/mol. The lowest BCUT2D eigenvalue weighted by atomic mass is 10.0. The molecule has 90 valence electrons. The van der Waals surface area contributed by atoms with Crippen molar-refractivity contribution >= 4 is 11.6 Å². The van der Waals surface area contributed by atoms with Crippen molar-refractivity contribution in [3.05, 3.63) is 58.3 Å². The fourth-order valence-electron chi connectivity index (χ4n) is 1.80. The predicted octanol–water partition coefficient (Wildman–Crippen LogP) is 3.62. The van der Waals surface area contributed by atoms with Crippen LogP contribution in [0, 0.1) is 12.7 Å². The number of furan rings is 1. The largest absolute Gasteiger partial charge is 0.467 e. The predicted molar refractivity (Wildman–Crippen MR) is 65.5 cm³/mol. The van der Waals surface area contributed by atoms with Gasteiger partial charge in [0, 0.05) is 0 Å².